The van der Waals surface area contributed by atoms with Gasteiger partial charge in [0.05, 0.1) is 26.4 Å². The molecule has 96 valence electrons. The Kier molecular flexibility index (Phi) is 12.2. The van der Waals surface area contributed by atoms with E-state index >= 15 is 0 Å². The van der Waals surface area contributed by atoms with Crippen molar-refractivity contribution in [1.29, 1.82) is 0 Å². The van der Waals surface area contributed by atoms with Crippen LogP contribution in [0, 0.1) is 0 Å². The molecular formula is C11H22O5. The first kappa shape index (κ1) is 15.5. The van der Waals surface area contributed by atoms with Crippen molar-refractivity contribution in [2.24, 2.45) is 0 Å². The number of aliphatic hydroxyl groups excluding tert-OH is 1. The van der Waals surface area contributed by atoms with Gasteiger partial charge >= 0.3 is 0 Å². The zero-order chi connectivity index (χ0) is 12.1. The third-order valence-corrected chi connectivity index (χ3v) is 1.89. The monoisotopic (exact) mass is 234 g/mol. The van der Waals surface area contributed by atoms with Crippen molar-refractivity contribution in [3.8, 4) is 0 Å². The van der Waals surface area contributed by atoms with Gasteiger partial charge in [0.2, 0.25) is 0 Å². The van der Waals surface area contributed by atoms with Crippen LogP contribution in [0.15, 0.2) is 0 Å². The third-order valence-electron chi connectivity index (χ3n) is 1.89. The summed E-state index contributed by atoms with van der Waals surface area (Å²) in [5.74, 6) is 0. The molecule has 1 unspecified atom stereocenters. The molecule has 1 atom stereocenters. The van der Waals surface area contributed by atoms with Gasteiger partial charge in [0, 0.05) is 13.2 Å². The van der Waals surface area contributed by atoms with Crippen LogP contribution in [-0.2, 0) is 19.0 Å². The van der Waals surface area contributed by atoms with E-state index in [1.54, 1.807) is 0 Å². The summed E-state index contributed by atoms with van der Waals surface area (Å²) in [6, 6.07) is 0. The fourth-order valence-corrected chi connectivity index (χ4v) is 1.05. The molecule has 0 spiro atoms. The number of carbonyl (C=O) groups excluding carboxylic acids is 1. The molecule has 0 aromatic carbocycles. The highest BCUT2D eigenvalue weighted by molar-refractivity contribution is 5.55. The van der Waals surface area contributed by atoms with Crippen LogP contribution in [0.5, 0.6) is 0 Å². The van der Waals surface area contributed by atoms with E-state index in [-0.39, 0.29) is 0 Å². The largest absolute Gasteiger partial charge is 0.386 e. The number of aldehydes is 1. The Morgan fingerprint density at radius 1 is 1.06 bits per heavy atom. The lowest BCUT2D eigenvalue weighted by Crippen LogP contribution is -2.12. The molecule has 0 rings (SSSR count). The van der Waals surface area contributed by atoms with Crippen molar-refractivity contribution >= 4 is 6.29 Å². The predicted octanol–water partition coefficient (Wildman–Crippen LogP) is 0.396. The Morgan fingerprint density at radius 3 is 2.19 bits per heavy atom. The lowest BCUT2D eigenvalue weighted by atomic mass is 10.2. The van der Waals surface area contributed by atoms with Crippen LogP contribution >= 0.6 is 0 Å². The summed E-state index contributed by atoms with van der Waals surface area (Å²) in [6.45, 7) is 5.46. The van der Waals surface area contributed by atoms with E-state index in [0.717, 1.165) is 0 Å². The maximum Gasteiger partial charge on any atom is 0.148 e. The topological polar surface area (TPSA) is 65.0 Å². The van der Waals surface area contributed by atoms with E-state index in [9.17, 15) is 4.79 Å². The Morgan fingerprint density at radius 2 is 1.62 bits per heavy atom. The smallest absolute Gasteiger partial charge is 0.148 e. The molecule has 0 saturated heterocycles. The van der Waals surface area contributed by atoms with Gasteiger partial charge in [0.15, 0.2) is 0 Å². The van der Waals surface area contributed by atoms with E-state index in [1.165, 1.54) is 0 Å². The molecular weight excluding hydrogens is 212 g/mol. The molecule has 5 heteroatoms. The molecule has 5 nitrogen and oxygen atoms in total. The van der Waals surface area contributed by atoms with Crippen molar-refractivity contribution < 1.29 is 24.1 Å². The normalized spacial score (nSPS) is 12.6. The maximum atomic E-state index is 10.1. The zero-order valence-corrected chi connectivity index (χ0v) is 9.89. The first-order valence-corrected chi connectivity index (χ1v) is 5.67. The summed E-state index contributed by atoms with van der Waals surface area (Å²) in [6.07, 6.45) is 0.816. The van der Waals surface area contributed by atoms with E-state index in [4.69, 9.17) is 19.3 Å². The molecule has 0 amide bonds. The highest BCUT2D eigenvalue weighted by atomic mass is 16.5. The summed E-state index contributed by atoms with van der Waals surface area (Å²) >= 11 is 0. The molecule has 0 aliphatic rings. The minimum absolute atomic E-state index is 0.453. The molecule has 0 aliphatic carbocycles. The summed E-state index contributed by atoms with van der Waals surface area (Å²) in [5, 5.41) is 8.92. The predicted molar refractivity (Wildman–Crippen MR) is 59.4 cm³/mol. The number of hydrogen-bond donors (Lipinski definition) is 1. The lowest BCUT2D eigenvalue weighted by molar-refractivity contribution is -0.115. The van der Waals surface area contributed by atoms with Gasteiger partial charge in [-0.1, -0.05) is 0 Å². The van der Waals surface area contributed by atoms with Crippen molar-refractivity contribution in [3.05, 3.63) is 0 Å². The first-order chi connectivity index (χ1) is 7.81. The molecule has 0 aliphatic heterocycles. The molecule has 0 radical (unpaired) electrons. The summed E-state index contributed by atoms with van der Waals surface area (Å²) < 4.78 is 15.6. The van der Waals surface area contributed by atoms with Gasteiger partial charge in [-0.25, -0.2) is 0 Å². The standard InChI is InChI=1S/C11H22O5/c1-2-14-6-7-16-9-8-15-5-3-4-11(13)10-12/h10-11,13H,2-9H2,1H3. The fraction of sp³-hybridized carbons (Fsp3) is 0.909. The second kappa shape index (κ2) is 12.6. The average molecular weight is 234 g/mol. The Labute approximate surface area is 96.7 Å². The number of hydrogen-bond acceptors (Lipinski definition) is 5. The van der Waals surface area contributed by atoms with E-state index < -0.39 is 6.10 Å². The van der Waals surface area contributed by atoms with Crippen LogP contribution in [0.2, 0.25) is 0 Å². The maximum absolute atomic E-state index is 10.1. The molecule has 0 aromatic rings. The molecule has 0 heterocycles. The number of ether oxygens (including phenoxy) is 3. The minimum atomic E-state index is -0.856. The van der Waals surface area contributed by atoms with Gasteiger partial charge in [0.1, 0.15) is 12.4 Å². The van der Waals surface area contributed by atoms with E-state index in [1.807, 2.05) is 6.92 Å². The number of carbonyl (C=O) groups is 1. The van der Waals surface area contributed by atoms with Gasteiger partial charge in [-0.15, -0.1) is 0 Å². The minimum Gasteiger partial charge on any atom is -0.386 e. The lowest BCUT2D eigenvalue weighted by Gasteiger charge is -2.06. The van der Waals surface area contributed by atoms with Crippen LogP contribution in [-0.4, -0.2) is 57.1 Å². The van der Waals surface area contributed by atoms with Gasteiger partial charge in [-0.3, -0.25) is 0 Å². The van der Waals surface area contributed by atoms with Gasteiger partial charge in [-0.2, -0.15) is 0 Å². The molecule has 1 N–H and O–H groups in total. The van der Waals surface area contributed by atoms with Crippen LogP contribution in [0.3, 0.4) is 0 Å². The summed E-state index contributed by atoms with van der Waals surface area (Å²) in [4.78, 5) is 10.1. The second-order valence-corrected chi connectivity index (χ2v) is 3.27. The number of rotatable bonds is 12. The first-order valence-electron chi connectivity index (χ1n) is 5.67. The van der Waals surface area contributed by atoms with Crippen LogP contribution < -0.4 is 0 Å². The van der Waals surface area contributed by atoms with Crippen LogP contribution in [0.4, 0.5) is 0 Å². The SMILES string of the molecule is CCOCCOCCOCCCC(O)C=O. The molecule has 0 saturated carbocycles. The second-order valence-electron chi connectivity index (χ2n) is 3.27. The Hall–Kier alpha value is -0.490. The van der Waals surface area contributed by atoms with Crippen LogP contribution in [0.25, 0.3) is 0 Å². The highest BCUT2D eigenvalue weighted by Gasteiger charge is 2.00. The molecule has 16 heavy (non-hydrogen) atoms. The highest BCUT2D eigenvalue weighted by Crippen LogP contribution is 1.94. The molecule has 0 aromatic heterocycles. The molecule has 0 fully saturated rings. The van der Waals surface area contributed by atoms with Crippen molar-refractivity contribution in [1.82, 2.24) is 0 Å². The van der Waals surface area contributed by atoms with Gasteiger partial charge in [-0.05, 0) is 19.8 Å². The summed E-state index contributed by atoms with van der Waals surface area (Å²) in [5.41, 5.74) is 0. The van der Waals surface area contributed by atoms with E-state index in [0.29, 0.717) is 58.8 Å². The molecule has 0 bridgehead atoms. The zero-order valence-electron chi connectivity index (χ0n) is 9.89. The van der Waals surface area contributed by atoms with Gasteiger partial charge in [0.25, 0.3) is 0 Å². The van der Waals surface area contributed by atoms with E-state index in [2.05, 4.69) is 0 Å². The van der Waals surface area contributed by atoms with Gasteiger partial charge < -0.3 is 24.1 Å². The summed E-state index contributed by atoms with van der Waals surface area (Å²) in [7, 11) is 0. The Balaban J connectivity index is 2.96. The number of aliphatic hydroxyl groups is 1. The Bertz CT molecular complexity index is 151. The third kappa shape index (κ3) is 11.6. The van der Waals surface area contributed by atoms with Crippen molar-refractivity contribution in [3.63, 3.8) is 0 Å². The fourth-order valence-electron chi connectivity index (χ4n) is 1.05. The van der Waals surface area contributed by atoms with Crippen molar-refractivity contribution in [2.45, 2.75) is 25.9 Å². The quantitative estimate of drug-likeness (QED) is 0.391. The van der Waals surface area contributed by atoms with Crippen LogP contribution in [0.1, 0.15) is 19.8 Å². The van der Waals surface area contributed by atoms with Crippen molar-refractivity contribution in [2.75, 3.05) is 39.6 Å². The average Bonchev–Trinajstić information content (AvgIpc) is 2.31.